The van der Waals surface area contributed by atoms with E-state index >= 15 is 0 Å². The van der Waals surface area contributed by atoms with E-state index in [4.69, 9.17) is 4.74 Å². The monoisotopic (exact) mass is 290 g/mol. The highest BCUT2D eigenvalue weighted by Gasteiger charge is 2.12. The van der Waals surface area contributed by atoms with E-state index in [9.17, 15) is 9.18 Å². The summed E-state index contributed by atoms with van der Waals surface area (Å²) in [7, 11) is 1.68. The minimum absolute atomic E-state index is 0.0356. The van der Waals surface area contributed by atoms with Gasteiger partial charge in [0.05, 0.1) is 18.0 Å². The van der Waals surface area contributed by atoms with Crippen molar-refractivity contribution >= 4 is 11.9 Å². The van der Waals surface area contributed by atoms with E-state index in [1.165, 1.54) is 12.3 Å². The summed E-state index contributed by atoms with van der Waals surface area (Å²) in [6.45, 7) is 2.10. The van der Waals surface area contributed by atoms with Crippen molar-refractivity contribution in [1.29, 1.82) is 0 Å². The molecule has 7 heteroatoms. The first-order valence-electron chi connectivity index (χ1n) is 6.43. The number of halogens is 1. The number of aromatic nitrogens is 3. The maximum absolute atomic E-state index is 13.1. The van der Waals surface area contributed by atoms with Gasteiger partial charge in [0.1, 0.15) is 6.54 Å². The van der Waals surface area contributed by atoms with Crippen molar-refractivity contribution in [2.75, 3.05) is 25.1 Å². The van der Waals surface area contributed by atoms with Gasteiger partial charge in [0.15, 0.2) is 0 Å². The Morgan fingerprint density at radius 2 is 2.05 bits per heavy atom. The molecule has 0 aliphatic heterocycles. The van der Waals surface area contributed by atoms with Gasteiger partial charge in [-0.3, -0.25) is 4.79 Å². The topological polar surface area (TPSA) is 68.2 Å². The molecule has 0 aromatic carbocycles. The standard InChI is InChI=1S/C14H15FN4O2/c1-3-21-13(20)9-19(2)14-16-8-7-11(18-14)10-5-4-6-12(15)17-10/h4-8H,3,9H2,1-2H3. The summed E-state index contributed by atoms with van der Waals surface area (Å²) in [4.78, 5) is 25.1. The SMILES string of the molecule is CCOC(=O)CN(C)c1nccc(-c2cccc(F)n2)n1. The average molecular weight is 290 g/mol. The quantitative estimate of drug-likeness (QED) is 0.616. The molecule has 110 valence electrons. The van der Waals surface area contributed by atoms with E-state index in [0.29, 0.717) is 23.9 Å². The molecule has 0 amide bonds. The second-order valence-electron chi connectivity index (χ2n) is 4.25. The molecule has 0 aliphatic carbocycles. The molecule has 0 N–H and O–H groups in total. The lowest BCUT2D eigenvalue weighted by molar-refractivity contribution is -0.141. The zero-order valence-electron chi connectivity index (χ0n) is 11.8. The molecule has 0 spiro atoms. The first-order chi connectivity index (χ1) is 10.1. The summed E-state index contributed by atoms with van der Waals surface area (Å²) >= 11 is 0. The minimum Gasteiger partial charge on any atom is -0.465 e. The maximum Gasteiger partial charge on any atom is 0.325 e. The number of likely N-dealkylation sites (N-methyl/N-ethyl adjacent to an activating group) is 1. The van der Waals surface area contributed by atoms with Crippen LogP contribution >= 0.6 is 0 Å². The molecule has 21 heavy (non-hydrogen) atoms. The maximum atomic E-state index is 13.1. The van der Waals surface area contributed by atoms with Crippen LogP contribution in [0.1, 0.15) is 6.92 Å². The van der Waals surface area contributed by atoms with Crippen LogP contribution in [0.5, 0.6) is 0 Å². The number of hydrogen-bond acceptors (Lipinski definition) is 6. The number of hydrogen-bond donors (Lipinski definition) is 0. The number of carbonyl (C=O) groups excluding carboxylic acids is 1. The molecule has 2 heterocycles. The first-order valence-corrected chi connectivity index (χ1v) is 6.43. The van der Waals surface area contributed by atoms with Gasteiger partial charge in [-0.2, -0.15) is 4.39 Å². The van der Waals surface area contributed by atoms with Crippen molar-refractivity contribution in [2.45, 2.75) is 6.92 Å². The Hall–Kier alpha value is -2.57. The molecule has 0 radical (unpaired) electrons. The third-order valence-corrected chi connectivity index (χ3v) is 2.63. The van der Waals surface area contributed by atoms with Crippen LogP contribution in [0.3, 0.4) is 0 Å². The van der Waals surface area contributed by atoms with Gasteiger partial charge in [0.25, 0.3) is 0 Å². The smallest absolute Gasteiger partial charge is 0.325 e. The normalized spacial score (nSPS) is 10.2. The van der Waals surface area contributed by atoms with Crippen molar-refractivity contribution < 1.29 is 13.9 Å². The van der Waals surface area contributed by atoms with Gasteiger partial charge < -0.3 is 9.64 Å². The van der Waals surface area contributed by atoms with E-state index in [1.807, 2.05) is 0 Å². The second kappa shape index (κ2) is 6.74. The third-order valence-electron chi connectivity index (χ3n) is 2.63. The van der Waals surface area contributed by atoms with Crippen molar-refractivity contribution in [3.63, 3.8) is 0 Å². The number of ether oxygens (including phenoxy) is 1. The first kappa shape index (κ1) is 14.8. The fourth-order valence-corrected chi connectivity index (χ4v) is 1.70. The molecule has 0 bridgehead atoms. The Morgan fingerprint density at radius 1 is 1.29 bits per heavy atom. The highest BCUT2D eigenvalue weighted by Crippen LogP contribution is 2.16. The fraction of sp³-hybridized carbons (Fsp3) is 0.286. The van der Waals surface area contributed by atoms with Gasteiger partial charge in [-0.05, 0) is 25.1 Å². The van der Waals surface area contributed by atoms with Gasteiger partial charge in [-0.25, -0.2) is 15.0 Å². The highest BCUT2D eigenvalue weighted by atomic mass is 19.1. The molecule has 0 atom stereocenters. The molecule has 0 aliphatic rings. The Balaban J connectivity index is 2.19. The second-order valence-corrected chi connectivity index (χ2v) is 4.25. The van der Waals surface area contributed by atoms with E-state index in [2.05, 4.69) is 15.0 Å². The van der Waals surface area contributed by atoms with Gasteiger partial charge >= 0.3 is 5.97 Å². The van der Waals surface area contributed by atoms with E-state index in [1.54, 1.807) is 37.1 Å². The van der Waals surface area contributed by atoms with Gasteiger partial charge in [-0.15, -0.1) is 0 Å². The van der Waals surface area contributed by atoms with Crippen LogP contribution in [0.4, 0.5) is 10.3 Å². The van der Waals surface area contributed by atoms with Crippen LogP contribution in [0.15, 0.2) is 30.5 Å². The zero-order valence-corrected chi connectivity index (χ0v) is 11.8. The summed E-state index contributed by atoms with van der Waals surface area (Å²) < 4.78 is 18.0. The van der Waals surface area contributed by atoms with Crippen molar-refractivity contribution in [1.82, 2.24) is 15.0 Å². The molecule has 2 aromatic rings. The lowest BCUT2D eigenvalue weighted by atomic mass is 10.2. The molecule has 6 nitrogen and oxygen atoms in total. The molecule has 2 rings (SSSR count). The van der Waals surface area contributed by atoms with Crippen molar-refractivity contribution in [3.8, 4) is 11.4 Å². The predicted octanol–water partition coefficient (Wildman–Crippen LogP) is 1.68. The van der Waals surface area contributed by atoms with Crippen LogP contribution in [0.2, 0.25) is 0 Å². The Kier molecular flexibility index (Phi) is 4.76. The Labute approximate surface area is 121 Å². The van der Waals surface area contributed by atoms with Crippen LogP contribution in [0, 0.1) is 5.95 Å². The fourth-order valence-electron chi connectivity index (χ4n) is 1.70. The van der Waals surface area contributed by atoms with Crippen LogP contribution in [-0.2, 0) is 9.53 Å². The average Bonchev–Trinajstić information content (AvgIpc) is 2.47. The Bertz CT molecular complexity index is 636. The van der Waals surface area contributed by atoms with E-state index in [0.717, 1.165) is 0 Å². The zero-order chi connectivity index (χ0) is 15.2. The number of nitrogens with zero attached hydrogens (tertiary/aromatic N) is 4. The van der Waals surface area contributed by atoms with Gasteiger partial charge in [0, 0.05) is 13.2 Å². The van der Waals surface area contributed by atoms with E-state index < -0.39 is 5.95 Å². The summed E-state index contributed by atoms with van der Waals surface area (Å²) in [6.07, 6.45) is 1.53. The third kappa shape index (κ3) is 3.95. The number of carbonyl (C=O) groups is 1. The summed E-state index contributed by atoms with van der Waals surface area (Å²) in [5.41, 5.74) is 0.887. The van der Waals surface area contributed by atoms with Crippen molar-refractivity contribution in [3.05, 3.63) is 36.4 Å². The number of esters is 1. The molecule has 0 unspecified atom stereocenters. The van der Waals surface area contributed by atoms with Crippen LogP contribution < -0.4 is 4.90 Å². The molecule has 0 fully saturated rings. The number of rotatable bonds is 5. The molecular formula is C14H15FN4O2. The molecular weight excluding hydrogens is 275 g/mol. The largest absolute Gasteiger partial charge is 0.465 e. The lowest BCUT2D eigenvalue weighted by Gasteiger charge is -2.16. The van der Waals surface area contributed by atoms with E-state index in [-0.39, 0.29) is 12.5 Å². The van der Waals surface area contributed by atoms with Crippen molar-refractivity contribution in [2.24, 2.45) is 0 Å². The summed E-state index contributed by atoms with van der Waals surface area (Å²) in [6, 6.07) is 6.10. The molecule has 0 saturated heterocycles. The Morgan fingerprint density at radius 3 is 2.76 bits per heavy atom. The van der Waals surface area contributed by atoms with Crippen LogP contribution in [0.25, 0.3) is 11.4 Å². The predicted molar refractivity (Wildman–Crippen MR) is 75.1 cm³/mol. The molecule has 2 aromatic heterocycles. The lowest BCUT2D eigenvalue weighted by Crippen LogP contribution is -2.28. The highest BCUT2D eigenvalue weighted by molar-refractivity contribution is 5.74. The molecule has 0 saturated carbocycles. The van der Waals surface area contributed by atoms with Crippen LogP contribution in [-0.4, -0.2) is 41.1 Å². The minimum atomic E-state index is -0.576. The summed E-state index contributed by atoms with van der Waals surface area (Å²) in [5.74, 6) is -0.600. The number of anilines is 1. The van der Waals surface area contributed by atoms with Gasteiger partial charge in [-0.1, -0.05) is 6.07 Å². The van der Waals surface area contributed by atoms with Gasteiger partial charge in [0.2, 0.25) is 11.9 Å². The summed E-state index contributed by atoms with van der Waals surface area (Å²) in [5, 5.41) is 0. The number of pyridine rings is 1.